The van der Waals surface area contributed by atoms with Gasteiger partial charge in [-0.2, -0.15) is 0 Å². The standard InChI is InChI=1S/C10H14N2O4/c1-16-10(15)9(14)12-4-2-3-6-7(12)5-11-8(6)13/h6-7H,2-5H2,1H3,(H,11,13). The summed E-state index contributed by atoms with van der Waals surface area (Å²) in [5.74, 6) is -1.69. The predicted molar refractivity (Wildman–Crippen MR) is 53.3 cm³/mol. The van der Waals surface area contributed by atoms with Gasteiger partial charge in [-0.3, -0.25) is 9.59 Å². The van der Waals surface area contributed by atoms with Crippen LogP contribution in [0.1, 0.15) is 12.8 Å². The van der Waals surface area contributed by atoms with Crippen molar-refractivity contribution in [3.05, 3.63) is 0 Å². The Balaban J connectivity index is 2.13. The summed E-state index contributed by atoms with van der Waals surface area (Å²) in [5.41, 5.74) is 0. The maximum Gasteiger partial charge on any atom is 0.396 e. The molecule has 0 saturated carbocycles. The van der Waals surface area contributed by atoms with E-state index in [1.165, 1.54) is 12.0 Å². The Morgan fingerprint density at radius 3 is 2.94 bits per heavy atom. The minimum absolute atomic E-state index is 0.0210. The number of rotatable bonds is 0. The van der Waals surface area contributed by atoms with E-state index in [4.69, 9.17) is 0 Å². The molecule has 0 radical (unpaired) electrons. The lowest BCUT2D eigenvalue weighted by Crippen LogP contribution is -2.51. The van der Waals surface area contributed by atoms with Gasteiger partial charge in [0, 0.05) is 13.1 Å². The lowest BCUT2D eigenvalue weighted by Gasteiger charge is -2.34. The first-order valence-electron chi connectivity index (χ1n) is 5.31. The summed E-state index contributed by atoms with van der Waals surface area (Å²) >= 11 is 0. The highest BCUT2D eigenvalue weighted by Gasteiger charge is 2.44. The van der Waals surface area contributed by atoms with Crippen molar-refractivity contribution in [2.75, 3.05) is 20.2 Å². The highest BCUT2D eigenvalue weighted by atomic mass is 16.5. The van der Waals surface area contributed by atoms with Gasteiger partial charge in [0.15, 0.2) is 0 Å². The van der Waals surface area contributed by atoms with E-state index in [9.17, 15) is 14.4 Å². The van der Waals surface area contributed by atoms with Crippen LogP contribution in [0.25, 0.3) is 0 Å². The number of carbonyl (C=O) groups is 3. The molecule has 2 fully saturated rings. The molecule has 2 saturated heterocycles. The fourth-order valence-electron chi connectivity index (χ4n) is 2.41. The van der Waals surface area contributed by atoms with E-state index in [0.717, 1.165) is 12.8 Å². The van der Waals surface area contributed by atoms with Crippen molar-refractivity contribution in [3.63, 3.8) is 0 Å². The second-order valence-corrected chi connectivity index (χ2v) is 4.05. The number of piperidine rings is 1. The van der Waals surface area contributed by atoms with Crippen molar-refractivity contribution < 1.29 is 19.1 Å². The fourth-order valence-corrected chi connectivity index (χ4v) is 2.41. The fraction of sp³-hybridized carbons (Fsp3) is 0.700. The van der Waals surface area contributed by atoms with E-state index >= 15 is 0 Å². The number of likely N-dealkylation sites (tertiary alicyclic amines) is 1. The number of nitrogens with one attached hydrogen (secondary N) is 1. The topological polar surface area (TPSA) is 75.7 Å². The molecule has 2 aliphatic rings. The second kappa shape index (κ2) is 4.11. The summed E-state index contributed by atoms with van der Waals surface area (Å²) in [6.07, 6.45) is 1.53. The zero-order valence-corrected chi connectivity index (χ0v) is 9.06. The van der Waals surface area contributed by atoms with E-state index in [0.29, 0.717) is 13.1 Å². The molecule has 16 heavy (non-hydrogen) atoms. The average Bonchev–Trinajstić information content (AvgIpc) is 2.69. The number of fused-ring (bicyclic) bond motifs is 1. The van der Waals surface area contributed by atoms with Crippen LogP contribution in [-0.2, 0) is 19.1 Å². The van der Waals surface area contributed by atoms with Crippen LogP contribution < -0.4 is 5.32 Å². The molecule has 2 rings (SSSR count). The van der Waals surface area contributed by atoms with Gasteiger partial charge in [0.25, 0.3) is 0 Å². The first-order valence-corrected chi connectivity index (χ1v) is 5.31. The number of carbonyl (C=O) groups excluding carboxylic acids is 3. The van der Waals surface area contributed by atoms with E-state index in [1.807, 2.05) is 0 Å². The third-order valence-electron chi connectivity index (χ3n) is 3.22. The molecule has 2 aliphatic heterocycles. The van der Waals surface area contributed by atoms with Crippen LogP contribution in [0.2, 0.25) is 0 Å². The summed E-state index contributed by atoms with van der Waals surface area (Å²) in [4.78, 5) is 35.8. The molecule has 0 aliphatic carbocycles. The van der Waals surface area contributed by atoms with Gasteiger partial charge >= 0.3 is 11.9 Å². The second-order valence-electron chi connectivity index (χ2n) is 4.05. The molecule has 2 amide bonds. The summed E-state index contributed by atoms with van der Waals surface area (Å²) in [5, 5.41) is 2.72. The van der Waals surface area contributed by atoms with Crippen LogP contribution in [0.3, 0.4) is 0 Å². The third-order valence-corrected chi connectivity index (χ3v) is 3.22. The number of hydrogen-bond acceptors (Lipinski definition) is 4. The molecule has 0 bridgehead atoms. The Bertz CT molecular complexity index is 342. The predicted octanol–water partition coefficient (Wildman–Crippen LogP) is -1.10. The van der Waals surface area contributed by atoms with Crippen LogP contribution in [0.4, 0.5) is 0 Å². The van der Waals surface area contributed by atoms with Gasteiger partial charge in [0.2, 0.25) is 5.91 Å². The van der Waals surface area contributed by atoms with Crippen LogP contribution in [-0.4, -0.2) is 48.9 Å². The number of ether oxygens (including phenoxy) is 1. The van der Waals surface area contributed by atoms with Gasteiger partial charge < -0.3 is 15.0 Å². The molecule has 0 aromatic carbocycles. The Morgan fingerprint density at radius 1 is 1.50 bits per heavy atom. The SMILES string of the molecule is COC(=O)C(=O)N1CCCC2C(=O)NCC21. The molecule has 6 heteroatoms. The van der Waals surface area contributed by atoms with Crippen molar-refractivity contribution in [1.82, 2.24) is 10.2 Å². The van der Waals surface area contributed by atoms with Crippen molar-refractivity contribution in [2.24, 2.45) is 5.92 Å². The maximum absolute atomic E-state index is 11.7. The molecule has 2 atom stereocenters. The van der Waals surface area contributed by atoms with Crippen LogP contribution in [0.15, 0.2) is 0 Å². The monoisotopic (exact) mass is 226 g/mol. The van der Waals surface area contributed by atoms with Crippen molar-refractivity contribution in [3.8, 4) is 0 Å². The summed E-state index contributed by atoms with van der Waals surface area (Å²) in [6, 6.07) is -0.187. The molecule has 0 spiro atoms. The Hall–Kier alpha value is -1.59. The van der Waals surface area contributed by atoms with Crippen LogP contribution in [0.5, 0.6) is 0 Å². The van der Waals surface area contributed by atoms with Gasteiger partial charge in [0.05, 0.1) is 19.1 Å². The van der Waals surface area contributed by atoms with E-state index in [2.05, 4.69) is 10.1 Å². The number of methoxy groups -OCH3 is 1. The summed E-state index contributed by atoms with van der Waals surface area (Å²) in [7, 11) is 1.18. The Labute approximate surface area is 92.9 Å². The molecule has 2 unspecified atom stereocenters. The minimum Gasteiger partial charge on any atom is -0.462 e. The number of esters is 1. The minimum atomic E-state index is -0.861. The first kappa shape index (κ1) is 10.9. The Morgan fingerprint density at radius 2 is 2.25 bits per heavy atom. The van der Waals surface area contributed by atoms with Crippen LogP contribution in [0, 0.1) is 5.92 Å². The average molecular weight is 226 g/mol. The van der Waals surface area contributed by atoms with Crippen molar-refractivity contribution in [1.29, 1.82) is 0 Å². The zero-order chi connectivity index (χ0) is 11.7. The zero-order valence-electron chi connectivity index (χ0n) is 9.06. The Kier molecular flexibility index (Phi) is 2.80. The van der Waals surface area contributed by atoms with Gasteiger partial charge in [-0.25, -0.2) is 4.79 Å². The molecule has 0 aromatic heterocycles. The molecule has 2 heterocycles. The highest BCUT2D eigenvalue weighted by molar-refractivity contribution is 6.32. The molecule has 1 N–H and O–H groups in total. The van der Waals surface area contributed by atoms with Crippen molar-refractivity contribution in [2.45, 2.75) is 18.9 Å². The largest absolute Gasteiger partial charge is 0.462 e. The summed E-state index contributed by atoms with van der Waals surface area (Å²) < 4.78 is 4.41. The normalized spacial score (nSPS) is 28.3. The van der Waals surface area contributed by atoms with E-state index in [-0.39, 0.29) is 17.9 Å². The van der Waals surface area contributed by atoms with Gasteiger partial charge in [0.1, 0.15) is 0 Å². The van der Waals surface area contributed by atoms with Gasteiger partial charge in [-0.15, -0.1) is 0 Å². The summed E-state index contributed by atoms with van der Waals surface area (Å²) in [6.45, 7) is 0.955. The number of amides is 2. The molecule has 6 nitrogen and oxygen atoms in total. The lowest BCUT2D eigenvalue weighted by molar-refractivity contribution is -0.160. The number of nitrogens with zero attached hydrogens (tertiary/aromatic N) is 1. The van der Waals surface area contributed by atoms with Crippen LogP contribution >= 0.6 is 0 Å². The first-order chi connectivity index (χ1) is 7.65. The van der Waals surface area contributed by atoms with E-state index < -0.39 is 11.9 Å². The molecule has 88 valence electrons. The van der Waals surface area contributed by atoms with E-state index in [1.54, 1.807) is 0 Å². The maximum atomic E-state index is 11.7. The number of hydrogen-bond donors (Lipinski definition) is 1. The quantitative estimate of drug-likeness (QED) is 0.420. The molecular formula is C10H14N2O4. The lowest BCUT2D eigenvalue weighted by atomic mass is 9.91. The highest BCUT2D eigenvalue weighted by Crippen LogP contribution is 2.27. The van der Waals surface area contributed by atoms with Gasteiger partial charge in [-0.1, -0.05) is 0 Å². The molecular weight excluding hydrogens is 212 g/mol. The smallest absolute Gasteiger partial charge is 0.396 e. The van der Waals surface area contributed by atoms with Gasteiger partial charge in [-0.05, 0) is 12.8 Å². The third kappa shape index (κ3) is 1.64. The molecule has 0 aromatic rings. The van der Waals surface area contributed by atoms with Crippen molar-refractivity contribution >= 4 is 17.8 Å².